The van der Waals surface area contributed by atoms with Crippen LogP contribution >= 0.6 is 48.0 Å². The van der Waals surface area contributed by atoms with Crippen LogP contribution in [0, 0.1) is 11.8 Å². The van der Waals surface area contributed by atoms with Crippen LogP contribution in [0.5, 0.6) is 0 Å². The third-order valence-corrected chi connectivity index (χ3v) is 7.18. The van der Waals surface area contributed by atoms with Gasteiger partial charge < -0.3 is 16.0 Å². The molecule has 0 bridgehead atoms. The number of rotatable bonds is 9. The number of benzene rings is 2. The van der Waals surface area contributed by atoms with Crippen LogP contribution in [0.2, 0.25) is 10.0 Å². The fraction of sp³-hybridized carbons (Fsp3) is 0.500. The minimum Gasteiger partial charge on any atom is -0.348 e. The summed E-state index contributed by atoms with van der Waals surface area (Å²) in [5, 5.41) is 4.50. The Labute approximate surface area is 226 Å². The Morgan fingerprint density at radius 2 is 1.65 bits per heavy atom. The molecule has 0 radical (unpaired) electrons. The molecule has 0 aromatic heterocycles. The van der Waals surface area contributed by atoms with Gasteiger partial charge in [0.25, 0.3) is 5.91 Å². The summed E-state index contributed by atoms with van der Waals surface area (Å²) >= 11 is 12.2. The van der Waals surface area contributed by atoms with E-state index in [-0.39, 0.29) is 36.8 Å². The first kappa shape index (κ1) is 31.0. The standard InChI is InChI=1S/C26H35Cl2N3O.2ClH/c1-18(2)25(30-26(32)22-6-3-19(4-7-22)9-12-29)17-31-13-10-20(11-14-31)15-21-5-8-23(27)24(28)16-21;;/h3-8,16,18,20,25H,9-15,17,29H2,1-2H3,(H,30,32);2*1H/t25-;;/m0../s1. The molecule has 0 spiro atoms. The van der Waals surface area contributed by atoms with E-state index in [1.54, 1.807) is 0 Å². The van der Waals surface area contributed by atoms with Crippen molar-refractivity contribution in [3.63, 3.8) is 0 Å². The number of likely N-dealkylation sites (tertiary alicyclic amines) is 1. The summed E-state index contributed by atoms with van der Waals surface area (Å²) in [7, 11) is 0. The zero-order valence-electron chi connectivity index (χ0n) is 19.9. The lowest BCUT2D eigenvalue weighted by molar-refractivity contribution is 0.0893. The van der Waals surface area contributed by atoms with E-state index in [9.17, 15) is 4.79 Å². The second-order valence-corrected chi connectivity index (χ2v) is 10.1. The highest BCUT2D eigenvalue weighted by molar-refractivity contribution is 6.42. The van der Waals surface area contributed by atoms with Crippen LogP contribution in [0.1, 0.15) is 48.2 Å². The number of hydrogen-bond donors (Lipinski definition) is 2. The minimum atomic E-state index is -0.00231. The maximum atomic E-state index is 12.8. The zero-order chi connectivity index (χ0) is 23.1. The quantitative estimate of drug-likeness (QED) is 0.401. The van der Waals surface area contributed by atoms with E-state index >= 15 is 0 Å². The maximum absolute atomic E-state index is 12.8. The lowest BCUT2D eigenvalue weighted by Crippen LogP contribution is -2.48. The van der Waals surface area contributed by atoms with Crippen molar-refractivity contribution in [2.75, 3.05) is 26.2 Å². The molecule has 1 saturated heterocycles. The molecule has 0 aliphatic carbocycles. The van der Waals surface area contributed by atoms with Gasteiger partial charge in [0, 0.05) is 18.2 Å². The van der Waals surface area contributed by atoms with Crippen molar-refractivity contribution in [3.8, 4) is 0 Å². The van der Waals surface area contributed by atoms with Crippen LogP contribution in [-0.4, -0.2) is 43.0 Å². The molecule has 8 heteroatoms. The topological polar surface area (TPSA) is 58.4 Å². The van der Waals surface area contributed by atoms with E-state index in [1.165, 1.54) is 5.56 Å². The molecule has 1 atom stereocenters. The van der Waals surface area contributed by atoms with E-state index in [4.69, 9.17) is 28.9 Å². The normalized spacial score (nSPS) is 15.4. The smallest absolute Gasteiger partial charge is 0.251 e. The largest absolute Gasteiger partial charge is 0.348 e. The van der Waals surface area contributed by atoms with Crippen molar-refractivity contribution in [3.05, 3.63) is 69.2 Å². The predicted molar refractivity (Wildman–Crippen MR) is 149 cm³/mol. The molecule has 1 aliphatic heterocycles. The third kappa shape index (κ3) is 9.22. The average Bonchev–Trinajstić information content (AvgIpc) is 2.77. The maximum Gasteiger partial charge on any atom is 0.251 e. The van der Waals surface area contributed by atoms with E-state index in [0.29, 0.717) is 34.0 Å². The number of nitrogens with one attached hydrogen (secondary N) is 1. The summed E-state index contributed by atoms with van der Waals surface area (Å²) in [6.07, 6.45) is 4.18. The monoisotopic (exact) mass is 547 g/mol. The second kappa shape index (κ2) is 15.2. The fourth-order valence-electron chi connectivity index (χ4n) is 4.32. The van der Waals surface area contributed by atoms with Gasteiger partial charge in [0.2, 0.25) is 0 Å². The van der Waals surface area contributed by atoms with E-state index in [1.807, 2.05) is 36.4 Å². The Morgan fingerprint density at radius 1 is 1.03 bits per heavy atom. The highest BCUT2D eigenvalue weighted by atomic mass is 35.5. The first-order valence-electron chi connectivity index (χ1n) is 11.6. The molecule has 1 fully saturated rings. The molecule has 1 amide bonds. The van der Waals surface area contributed by atoms with Crippen LogP contribution in [0.4, 0.5) is 0 Å². The highest BCUT2D eigenvalue weighted by Gasteiger charge is 2.25. The van der Waals surface area contributed by atoms with E-state index in [2.05, 4.69) is 30.1 Å². The molecule has 1 heterocycles. The molecule has 0 unspecified atom stereocenters. The van der Waals surface area contributed by atoms with Gasteiger partial charge in [-0.1, -0.05) is 55.2 Å². The summed E-state index contributed by atoms with van der Waals surface area (Å²) in [4.78, 5) is 15.3. The summed E-state index contributed by atoms with van der Waals surface area (Å²) in [5.74, 6) is 1.02. The summed E-state index contributed by atoms with van der Waals surface area (Å²) in [5.41, 5.74) is 8.73. The lowest BCUT2D eigenvalue weighted by atomic mass is 9.89. The number of hydrogen-bond acceptors (Lipinski definition) is 3. The summed E-state index contributed by atoms with van der Waals surface area (Å²) in [6.45, 7) is 7.95. The number of halogens is 4. The number of piperidine rings is 1. The predicted octanol–water partition coefficient (Wildman–Crippen LogP) is 6.05. The van der Waals surface area contributed by atoms with Crippen LogP contribution < -0.4 is 11.1 Å². The van der Waals surface area contributed by atoms with Crippen molar-refractivity contribution >= 4 is 53.9 Å². The van der Waals surface area contributed by atoms with Crippen molar-refractivity contribution in [2.45, 2.75) is 45.6 Å². The Bertz CT molecular complexity index is 884. The molecule has 0 saturated carbocycles. The molecule has 190 valence electrons. The minimum absolute atomic E-state index is 0. The summed E-state index contributed by atoms with van der Waals surface area (Å²) in [6, 6.07) is 13.8. The van der Waals surface area contributed by atoms with Crippen molar-refractivity contribution in [1.82, 2.24) is 10.2 Å². The first-order valence-corrected chi connectivity index (χ1v) is 12.4. The third-order valence-electron chi connectivity index (χ3n) is 6.44. The van der Waals surface area contributed by atoms with Crippen LogP contribution in [0.3, 0.4) is 0 Å². The van der Waals surface area contributed by atoms with Gasteiger partial charge in [-0.05, 0) is 92.5 Å². The molecular formula is C26H37Cl4N3O. The van der Waals surface area contributed by atoms with Gasteiger partial charge in [-0.3, -0.25) is 4.79 Å². The SMILES string of the molecule is CC(C)[C@H](CN1CCC(Cc2ccc(Cl)c(Cl)c2)CC1)NC(=O)c1ccc(CCN)cc1.Cl.Cl. The zero-order valence-corrected chi connectivity index (χ0v) is 23.1. The van der Waals surface area contributed by atoms with Gasteiger partial charge in [-0.15, -0.1) is 24.8 Å². The van der Waals surface area contributed by atoms with Gasteiger partial charge in [0.1, 0.15) is 0 Å². The van der Waals surface area contributed by atoms with Gasteiger partial charge in [0.05, 0.1) is 10.0 Å². The molecule has 34 heavy (non-hydrogen) atoms. The van der Waals surface area contributed by atoms with Gasteiger partial charge in [0.15, 0.2) is 0 Å². The van der Waals surface area contributed by atoms with Crippen LogP contribution in [-0.2, 0) is 12.8 Å². The lowest BCUT2D eigenvalue weighted by Gasteiger charge is -2.35. The Morgan fingerprint density at radius 3 is 2.21 bits per heavy atom. The Balaban J connectivity index is 0.00000289. The molecule has 2 aromatic carbocycles. The molecule has 3 N–H and O–H groups in total. The van der Waals surface area contributed by atoms with Crippen LogP contribution in [0.25, 0.3) is 0 Å². The fourth-order valence-corrected chi connectivity index (χ4v) is 4.64. The molecule has 1 aliphatic rings. The average molecular weight is 549 g/mol. The van der Waals surface area contributed by atoms with E-state index < -0.39 is 0 Å². The molecule has 3 rings (SSSR count). The number of carbonyl (C=O) groups is 1. The van der Waals surface area contributed by atoms with Crippen molar-refractivity contribution < 1.29 is 4.79 Å². The number of amides is 1. The first-order chi connectivity index (χ1) is 15.4. The van der Waals surface area contributed by atoms with E-state index in [0.717, 1.165) is 50.9 Å². The number of nitrogens with zero attached hydrogens (tertiary/aromatic N) is 1. The van der Waals surface area contributed by atoms with Gasteiger partial charge in [-0.25, -0.2) is 0 Å². The summed E-state index contributed by atoms with van der Waals surface area (Å²) < 4.78 is 0. The number of nitrogens with two attached hydrogens (primary N) is 1. The van der Waals surface area contributed by atoms with Crippen molar-refractivity contribution in [1.29, 1.82) is 0 Å². The second-order valence-electron chi connectivity index (χ2n) is 9.26. The van der Waals surface area contributed by atoms with Crippen LogP contribution in [0.15, 0.2) is 42.5 Å². The van der Waals surface area contributed by atoms with Gasteiger partial charge >= 0.3 is 0 Å². The Hall–Kier alpha value is -1.01. The molecular weight excluding hydrogens is 512 g/mol. The molecule has 4 nitrogen and oxygen atoms in total. The number of carbonyl (C=O) groups excluding carboxylic acids is 1. The molecule has 2 aromatic rings. The van der Waals surface area contributed by atoms with Gasteiger partial charge in [-0.2, -0.15) is 0 Å². The highest BCUT2D eigenvalue weighted by Crippen LogP contribution is 2.27. The Kier molecular flexibility index (Phi) is 13.8. The van der Waals surface area contributed by atoms with Crippen molar-refractivity contribution in [2.24, 2.45) is 17.6 Å².